The smallest absolute Gasteiger partial charge is 0.268 e. The van der Waals surface area contributed by atoms with Gasteiger partial charge in [-0.25, -0.2) is 8.78 Å². The number of nitrogens with one attached hydrogen (secondary N) is 5. The van der Waals surface area contributed by atoms with Crippen LogP contribution in [0.15, 0.2) is 60.7 Å². The Morgan fingerprint density at radius 2 is 1.63 bits per heavy atom. The number of aromatic nitrogens is 1. The number of anilines is 2. The average Bonchev–Trinajstić information content (AvgIpc) is 3.85. The number of halogens is 2. The molecule has 7 amide bonds. The Morgan fingerprint density at radius 1 is 0.881 bits per heavy atom. The van der Waals surface area contributed by atoms with Gasteiger partial charge in [-0.3, -0.25) is 43.8 Å². The Bertz CT molecular complexity index is 2350. The molecule has 1 aromatic heterocycles. The van der Waals surface area contributed by atoms with E-state index in [1.54, 1.807) is 36.4 Å². The van der Waals surface area contributed by atoms with Crippen LogP contribution in [-0.4, -0.2) is 114 Å². The van der Waals surface area contributed by atoms with Crippen LogP contribution in [0.25, 0.3) is 10.9 Å². The fourth-order valence-corrected chi connectivity index (χ4v) is 7.19. The number of hydrogen-bond acceptors (Lipinski definition) is 11. The summed E-state index contributed by atoms with van der Waals surface area (Å²) >= 11 is 0. The van der Waals surface area contributed by atoms with Gasteiger partial charge in [-0.15, -0.1) is 0 Å². The lowest BCUT2D eigenvalue weighted by Crippen LogP contribution is -2.54. The number of fused-ring (bicyclic) bond motifs is 2. The number of rotatable bonds is 16. The summed E-state index contributed by atoms with van der Waals surface area (Å²) in [5.74, 6) is -6.23. The summed E-state index contributed by atoms with van der Waals surface area (Å²) in [6, 6.07) is 13.0. The molecule has 0 saturated carbocycles. The third kappa shape index (κ3) is 8.52. The van der Waals surface area contributed by atoms with Crippen LogP contribution >= 0.6 is 0 Å². The monoisotopic (exact) mass is 815 g/mol. The van der Waals surface area contributed by atoms with Gasteiger partial charge in [-0.1, -0.05) is 6.07 Å². The summed E-state index contributed by atoms with van der Waals surface area (Å²) in [6.07, 6.45) is -0.119. The van der Waals surface area contributed by atoms with Crippen LogP contribution in [-0.2, 0) is 35.2 Å². The molecule has 2 saturated heterocycles. The maximum atomic E-state index is 13.5. The minimum absolute atomic E-state index is 0.0256. The summed E-state index contributed by atoms with van der Waals surface area (Å²) in [6.45, 7) is 1.14. The van der Waals surface area contributed by atoms with Crippen molar-refractivity contribution in [3.05, 3.63) is 94.7 Å². The van der Waals surface area contributed by atoms with Crippen LogP contribution in [0.2, 0.25) is 0 Å². The molecule has 3 aliphatic heterocycles. The summed E-state index contributed by atoms with van der Waals surface area (Å²) in [5.41, 5.74) is -0.260. The Hall–Kier alpha value is -6.57. The number of imide groups is 2. The van der Waals surface area contributed by atoms with Gasteiger partial charge in [0.1, 0.15) is 23.4 Å². The van der Waals surface area contributed by atoms with E-state index in [1.807, 2.05) is 0 Å². The lowest BCUT2D eigenvalue weighted by atomic mass is 10.0. The second kappa shape index (κ2) is 17.1. The van der Waals surface area contributed by atoms with Gasteiger partial charge >= 0.3 is 0 Å². The molecule has 2 atom stereocenters. The predicted octanol–water partition coefficient (Wildman–Crippen LogP) is 1.51. The highest BCUT2D eigenvalue weighted by atomic mass is 19.1. The van der Waals surface area contributed by atoms with Gasteiger partial charge in [0, 0.05) is 67.4 Å². The first-order valence-electron chi connectivity index (χ1n) is 18.8. The summed E-state index contributed by atoms with van der Waals surface area (Å²) in [5, 5.41) is 22.0. The largest absolute Gasteiger partial charge is 0.382 e. The van der Waals surface area contributed by atoms with Crippen molar-refractivity contribution in [3.8, 4) is 0 Å². The summed E-state index contributed by atoms with van der Waals surface area (Å²) < 4.78 is 38.2. The van der Waals surface area contributed by atoms with Crippen molar-refractivity contribution >= 4 is 63.6 Å². The molecule has 17 nitrogen and oxygen atoms in total. The molecular formula is C40H39F2N7O10. The number of nitrogens with zero attached hydrogens (tertiary/aromatic N) is 2. The van der Waals surface area contributed by atoms with E-state index in [0.29, 0.717) is 34.9 Å². The highest BCUT2D eigenvalue weighted by Gasteiger charge is 2.52. The summed E-state index contributed by atoms with van der Waals surface area (Å²) in [4.78, 5) is 94.2. The van der Waals surface area contributed by atoms with Gasteiger partial charge in [0.25, 0.3) is 29.5 Å². The van der Waals surface area contributed by atoms with E-state index >= 15 is 0 Å². The molecule has 0 radical (unpaired) electrons. The van der Waals surface area contributed by atoms with Crippen LogP contribution in [0, 0.1) is 11.6 Å². The number of carbonyl (C=O) groups excluding carboxylic acids is 7. The Labute approximate surface area is 334 Å². The Morgan fingerprint density at radius 3 is 2.37 bits per heavy atom. The molecule has 2 fully saturated rings. The quantitative estimate of drug-likeness (QED) is 0.0540. The standard InChI is InChI=1S/C40H39F2N7O10/c41-24-16-22(17-25(42)20-24)21-45-38(55)40(57)8-11-48(39(40)56)26-4-5-28-23(18-26)19-30(46-28)34(51)44-10-13-59-15-14-58-12-9-43-29-3-1-2-27-33(29)37(54)49(36(27)53)31-6-7-32(50)47-35(31)52/h1-5,16-20,31,43,46,57H,6-15,21H2,(H,44,51)(H,45,55)(H,47,50,52). The molecule has 4 heterocycles. The molecule has 7 rings (SSSR count). The van der Waals surface area contributed by atoms with Gasteiger partial charge in [0.05, 0.1) is 37.6 Å². The van der Waals surface area contributed by atoms with E-state index < -0.39 is 64.6 Å². The zero-order chi connectivity index (χ0) is 41.8. The van der Waals surface area contributed by atoms with E-state index in [0.717, 1.165) is 17.0 Å². The molecule has 0 bridgehead atoms. The van der Waals surface area contributed by atoms with E-state index in [9.17, 15) is 47.4 Å². The van der Waals surface area contributed by atoms with Crippen molar-refractivity contribution in [2.24, 2.45) is 0 Å². The number of piperidine rings is 1. The maximum Gasteiger partial charge on any atom is 0.268 e. The fraction of sp³-hybridized carbons (Fsp3) is 0.325. The second-order valence-electron chi connectivity index (χ2n) is 14.1. The molecule has 19 heteroatoms. The topological polar surface area (TPSA) is 229 Å². The normalized spacial score (nSPS) is 19.0. The predicted molar refractivity (Wildman–Crippen MR) is 204 cm³/mol. The number of carbonyl (C=O) groups is 7. The second-order valence-corrected chi connectivity index (χ2v) is 14.1. The fourth-order valence-electron chi connectivity index (χ4n) is 7.19. The SMILES string of the molecule is O=C1CCC(N2C(=O)c3cccc(NCCOCCOCCNC(=O)c4cc5cc(N6CCC(O)(C(=O)NCc7cc(F)cc(F)c7)C6=O)ccc5[nH]4)c3C2=O)C(=O)N1. The minimum atomic E-state index is -2.38. The number of aromatic amines is 1. The number of amides is 7. The van der Waals surface area contributed by atoms with Crippen molar-refractivity contribution in [1.82, 2.24) is 25.8 Å². The maximum absolute atomic E-state index is 13.5. The molecule has 2 unspecified atom stereocenters. The lowest BCUT2D eigenvalue weighted by molar-refractivity contribution is -0.149. The number of hydrogen-bond donors (Lipinski definition) is 6. The van der Waals surface area contributed by atoms with Gasteiger partial charge in [0.15, 0.2) is 0 Å². The average molecular weight is 816 g/mol. The van der Waals surface area contributed by atoms with Crippen molar-refractivity contribution in [1.29, 1.82) is 0 Å². The molecule has 3 aliphatic rings. The highest BCUT2D eigenvalue weighted by molar-refractivity contribution is 6.25. The van der Waals surface area contributed by atoms with Crippen LogP contribution in [0.4, 0.5) is 20.2 Å². The minimum Gasteiger partial charge on any atom is -0.382 e. The van der Waals surface area contributed by atoms with Crippen LogP contribution in [0.1, 0.15) is 56.0 Å². The Kier molecular flexibility index (Phi) is 11.8. The first-order chi connectivity index (χ1) is 28.3. The number of aliphatic hydroxyl groups is 1. The molecular weight excluding hydrogens is 776 g/mol. The highest BCUT2D eigenvalue weighted by Crippen LogP contribution is 2.33. The first-order valence-corrected chi connectivity index (χ1v) is 18.8. The van der Waals surface area contributed by atoms with E-state index in [2.05, 4.69) is 26.3 Å². The van der Waals surface area contributed by atoms with E-state index in [4.69, 9.17) is 9.47 Å². The van der Waals surface area contributed by atoms with Crippen LogP contribution in [0.5, 0.6) is 0 Å². The van der Waals surface area contributed by atoms with Gasteiger partial charge < -0.3 is 40.4 Å². The van der Waals surface area contributed by atoms with Crippen molar-refractivity contribution in [2.75, 3.05) is 56.3 Å². The number of H-pyrrole nitrogens is 1. The van der Waals surface area contributed by atoms with Crippen LogP contribution < -0.4 is 26.2 Å². The molecule has 0 aliphatic carbocycles. The molecule has 3 aromatic carbocycles. The van der Waals surface area contributed by atoms with Crippen LogP contribution in [0.3, 0.4) is 0 Å². The van der Waals surface area contributed by atoms with E-state index in [-0.39, 0.29) is 87.7 Å². The molecule has 0 spiro atoms. The first kappa shape index (κ1) is 40.6. The molecule has 4 aromatic rings. The number of benzene rings is 3. The zero-order valence-corrected chi connectivity index (χ0v) is 31.4. The lowest BCUT2D eigenvalue weighted by Gasteiger charge is -2.27. The van der Waals surface area contributed by atoms with E-state index in [1.165, 1.54) is 11.0 Å². The molecule has 6 N–H and O–H groups in total. The molecule has 308 valence electrons. The third-order valence-electron chi connectivity index (χ3n) is 10.1. The van der Waals surface area contributed by atoms with Gasteiger partial charge in [0.2, 0.25) is 17.4 Å². The van der Waals surface area contributed by atoms with Gasteiger partial charge in [-0.2, -0.15) is 0 Å². The van der Waals surface area contributed by atoms with Crippen molar-refractivity contribution in [3.63, 3.8) is 0 Å². The Balaban J connectivity index is 0.807. The summed E-state index contributed by atoms with van der Waals surface area (Å²) in [7, 11) is 0. The third-order valence-corrected chi connectivity index (χ3v) is 10.1. The van der Waals surface area contributed by atoms with Crippen molar-refractivity contribution < 1.29 is 56.9 Å². The van der Waals surface area contributed by atoms with Crippen molar-refractivity contribution in [2.45, 2.75) is 37.5 Å². The number of ether oxygens (including phenoxy) is 2. The molecule has 59 heavy (non-hydrogen) atoms. The van der Waals surface area contributed by atoms with Gasteiger partial charge in [-0.05, 0) is 60.5 Å². The zero-order valence-electron chi connectivity index (χ0n) is 31.4.